The molecule has 0 aromatic heterocycles. The van der Waals surface area contributed by atoms with E-state index in [1.165, 1.54) is 31.4 Å². The van der Waals surface area contributed by atoms with Gasteiger partial charge in [-0.1, -0.05) is 31.4 Å². The lowest BCUT2D eigenvalue weighted by molar-refractivity contribution is 0.0950. The lowest BCUT2D eigenvalue weighted by Crippen LogP contribution is -2.33. The first-order chi connectivity index (χ1) is 8.66. The maximum absolute atomic E-state index is 13.2. The van der Waals surface area contributed by atoms with E-state index in [-0.39, 0.29) is 5.46 Å². The highest BCUT2D eigenvalue weighted by atomic mass is 19.1. The van der Waals surface area contributed by atoms with Crippen molar-refractivity contribution in [3.8, 4) is 0 Å². The summed E-state index contributed by atoms with van der Waals surface area (Å²) in [4.78, 5) is 0. The van der Waals surface area contributed by atoms with Crippen LogP contribution in [0.2, 0.25) is 0 Å². The van der Waals surface area contributed by atoms with Crippen LogP contribution in [0.3, 0.4) is 0 Å². The maximum Gasteiger partial charge on any atom is 0.491 e. The Hall–Kier alpha value is -0.905. The summed E-state index contributed by atoms with van der Waals surface area (Å²) < 4.78 is 18.7. The van der Waals surface area contributed by atoms with E-state index >= 15 is 0 Å². The molecule has 1 aromatic rings. The highest BCUT2D eigenvalue weighted by molar-refractivity contribution is 6.58. The number of halogens is 1. The van der Waals surface area contributed by atoms with Crippen LogP contribution < -0.4 is 5.46 Å². The third-order valence-electron chi connectivity index (χ3n) is 3.50. The van der Waals surface area contributed by atoms with E-state index in [1.807, 2.05) is 0 Å². The summed E-state index contributed by atoms with van der Waals surface area (Å²) in [5.74, 6) is 0.205. The van der Waals surface area contributed by atoms with Gasteiger partial charge in [-0.2, -0.15) is 0 Å². The molecule has 0 heterocycles. The topological polar surface area (TPSA) is 49.7 Å². The second-order valence-electron chi connectivity index (χ2n) is 4.87. The van der Waals surface area contributed by atoms with E-state index in [0.29, 0.717) is 13.2 Å². The minimum absolute atomic E-state index is 0.102. The monoisotopic (exact) mass is 252 g/mol. The summed E-state index contributed by atoms with van der Waals surface area (Å²) in [5, 5.41) is 18.0. The van der Waals surface area contributed by atoms with Crippen molar-refractivity contribution in [2.45, 2.75) is 32.3 Å². The van der Waals surface area contributed by atoms with Crippen molar-refractivity contribution >= 4 is 12.6 Å². The molecule has 0 aliphatic heterocycles. The average molecular weight is 252 g/mol. The first-order valence-corrected chi connectivity index (χ1v) is 6.39. The van der Waals surface area contributed by atoms with Crippen molar-refractivity contribution in [2.75, 3.05) is 6.61 Å². The molecule has 2 rings (SSSR count). The van der Waals surface area contributed by atoms with Crippen LogP contribution >= 0.6 is 0 Å². The Bertz CT molecular complexity index is 394. The molecule has 0 spiro atoms. The van der Waals surface area contributed by atoms with E-state index in [4.69, 9.17) is 14.8 Å². The third-order valence-corrected chi connectivity index (χ3v) is 3.50. The smallest absolute Gasteiger partial charge is 0.423 e. The zero-order chi connectivity index (χ0) is 13.0. The van der Waals surface area contributed by atoms with Crippen LogP contribution in [0.1, 0.15) is 31.2 Å². The predicted molar refractivity (Wildman–Crippen MR) is 67.8 cm³/mol. The molecular weight excluding hydrogens is 234 g/mol. The van der Waals surface area contributed by atoms with Gasteiger partial charge < -0.3 is 14.8 Å². The first kappa shape index (κ1) is 13.5. The summed E-state index contributed by atoms with van der Waals surface area (Å²) in [6.07, 6.45) is 5.03. The van der Waals surface area contributed by atoms with Gasteiger partial charge in [0.05, 0.1) is 6.61 Å². The van der Waals surface area contributed by atoms with E-state index in [1.54, 1.807) is 6.07 Å². The summed E-state index contributed by atoms with van der Waals surface area (Å²) in [6, 6.07) is 4.27. The highest BCUT2D eigenvalue weighted by Crippen LogP contribution is 2.29. The van der Waals surface area contributed by atoms with Crippen molar-refractivity contribution in [3.05, 3.63) is 29.6 Å². The Morgan fingerprint density at radius 1 is 1.33 bits per heavy atom. The van der Waals surface area contributed by atoms with Gasteiger partial charge in [0.25, 0.3) is 0 Å². The zero-order valence-electron chi connectivity index (χ0n) is 10.3. The van der Waals surface area contributed by atoms with Crippen LogP contribution in [0, 0.1) is 11.7 Å². The standard InChI is InChI=1S/C13H18BFO3/c15-13-5-4-11(8-12(13)14(16)17)9-18-7-6-10-2-1-3-10/h4-5,8,10,16-17H,1-3,6-7,9H2. The summed E-state index contributed by atoms with van der Waals surface area (Å²) in [7, 11) is -1.78. The summed E-state index contributed by atoms with van der Waals surface area (Å²) in [6.45, 7) is 1.09. The molecule has 5 heteroatoms. The molecule has 1 aliphatic carbocycles. The molecule has 0 bridgehead atoms. The van der Waals surface area contributed by atoms with Crippen molar-refractivity contribution in [1.29, 1.82) is 0 Å². The molecule has 0 saturated heterocycles. The Morgan fingerprint density at radius 2 is 2.11 bits per heavy atom. The lowest BCUT2D eigenvalue weighted by Gasteiger charge is -2.24. The fraction of sp³-hybridized carbons (Fsp3) is 0.538. The van der Waals surface area contributed by atoms with Crippen LogP contribution in [0.5, 0.6) is 0 Å². The van der Waals surface area contributed by atoms with Crippen LogP contribution in [-0.4, -0.2) is 23.8 Å². The number of rotatable bonds is 6. The van der Waals surface area contributed by atoms with Gasteiger partial charge in [-0.25, -0.2) is 4.39 Å². The van der Waals surface area contributed by atoms with Gasteiger partial charge in [0.2, 0.25) is 0 Å². The van der Waals surface area contributed by atoms with E-state index in [9.17, 15) is 4.39 Å². The summed E-state index contributed by atoms with van der Waals surface area (Å²) >= 11 is 0. The van der Waals surface area contributed by atoms with Gasteiger partial charge in [-0.05, 0) is 24.0 Å². The minimum Gasteiger partial charge on any atom is -0.423 e. The van der Waals surface area contributed by atoms with Crippen LogP contribution in [0.15, 0.2) is 18.2 Å². The van der Waals surface area contributed by atoms with Gasteiger partial charge in [0.15, 0.2) is 0 Å². The molecule has 0 amide bonds. The number of hydrogen-bond acceptors (Lipinski definition) is 3. The molecule has 18 heavy (non-hydrogen) atoms. The van der Waals surface area contributed by atoms with E-state index in [2.05, 4.69) is 0 Å². The average Bonchev–Trinajstić information content (AvgIpc) is 2.28. The van der Waals surface area contributed by atoms with E-state index < -0.39 is 12.9 Å². The van der Waals surface area contributed by atoms with Crippen molar-refractivity contribution in [3.63, 3.8) is 0 Å². The number of ether oxygens (including phenoxy) is 1. The second-order valence-corrected chi connectivity index (χ2v) is 4.87. The molecule has 0 unspecified atom stereocenters. The molecular formula is C13H18BFO3. The SMILES string of the molecule is OB(O)c1cc(COCCC2CCC2)ccc1F. The van der Waals surface area contributed by atoms with Crippen molar-refractivity contribution in [2.24, 2.45) is 5.92 Å². The van der Waals surface area contributed by atoms with Gasteiger partial charge in [-0.15, -0.1) is 0 Å². The third kappa shape index (κ3) is 3.54. The molecule has 3 nitrogen and oxygen atoms in total. The molecule has 1 aliphatic rings. The zero-order valence-corrected chi connectivity index (χ0v) is 10.3. The second kappa shape index (κ2) is 6.32. The van der Waals surface area contributed by atoms with Crippen LogP contribution in [0.4, 0.5) is 4.39 Å². The Labute approximate surface area is 107 Å². The minimum atomic E-state index is -1.78. The molecule has 1 fully saturated rings. The molecule has 98 valence electrons. The molecule has 0 radical (unpaired) electrons. The molecule has 1 saturated carbocycles. The fourth-order valence-electron chi connectivity index (χ4n) is 2.10. The predicted octanol–water partition coefficient (Wildman–Crippen LogP) is 1.21. The molecule has 1 aromatic carbocycles. The number of benzene rings is 1. The van der Waals surface area contributed by atoms with Crippen molar-refractivity contribution < 1.29 is 19.2 Å². The first-order valence-electron chi connectivity index (χ1n) is 6.39. The Morgan fingerprint density at radius 3 is 2.72 bits per heavy atom. The molecule has 0 atom stereocenters. The summed E-state index contributed by atoms with van der Waals surface area (Å²) in [5.41, 5.74) is 0.656. The Kier molecular flexibility index (Phi) is 4.75. The maximum atomic E-state index is 13.2. The number of hydrogen-bond donors (Lipinski definition) is 2. The van der Waals surface area contributed by atoms with Gasteiger partial charge in [-0.3, -0.25) is 0 Å². The quantitative estimate of drug-likeness (QED) is 0.591. The van der Waals surface area contributed by atoms with Crippen LogP contribution in [0.25, 0.3) is 0 Å². The van der Waals surface area contributed by atoms with Crippen molar-refractivity contribution in [1.82, 2.24) is 0 Å². The largest absolute Gasteiger partial charge is 0.491 e. The van der Waals surface area contributed by atoms with E-state index in [0.717, 1.165) is 17.9 Å². The highest BCUT2D eigenvalue weighted by Gasteiger charge is 2.18. The van der Waals surface area contributed by atoms with Gasteiger partial charge >= 0.3 is 7.12 Å². The van der Waals surface area contributed by atoms with Gasteiger partial charge in [0, 0.05) is 12.1 Å². The van der Waals surface area contributed by atoms with Crippen LogP contribution in [-0.2, 0) is 11.3 Å². The van der Waals surface area contributed by atoms with Gasteiger partial charge in [0.1, 0.15) is 5.82 Å². The fourth-order valence-corrected chi connectivity index (χ4v) is 2.10. The molecule has 2 N–H and O–H groups in total. The normalized spacial score (nSPS) is 15.5. The lowest BCUT2D eigenvalue weighted by atomic mass is 9.79. The Balaban J connectivity index is 1.79.